The van der Waals surface area contributed by atoms with Gasteiger partial charge in [0.25, 0.3) is 0 Å². The smallest absolute Gasteiger partial charge is 0.463 e. The minimum absolute atomic E-state index is 0.0846. The van der Waals surface area contributed by atoms with Crippen molar-refractivity contribution in [3.8, 4) is 0 Å². The van der Waals surface area contributed by atoms with Crippen LogP contribution in [0.2, 0.25) is 0 Å². The largest absolute Gasteiger partial charge is 0.472 e. The Bertz CT molecular complexity index is 1790. The Morgan fingerprint density at radius 1 is 0.367 bits per heavy atom. The molecule has 0 aromatic rings. The van der Waals surface area contributed by atoms with Crippen LogP contribution in [0, 0.1) is 0 Å². The quantitative estimate of drug-likeness (QED) is 0.0146. The van der Waals surface area contributed by atoms with Crippen molar-refractivity contribution >= 4 is 33.6 Å². The second-order valence-electron chi connectivity index (χ2n) is 19.8. The molecule has 0 saturated heterocycles. The third-order valence-electron chi connectivity index (χ3n) is 12.0. The van der Waals surface area contributed by atoms with E-state index in [1.54, 1.807) is 0 Å². The Morgan fingerprint density at radius 2 is 0.671 bits per heavy atom. The molecule has 0 heterocycles. The maximum Gasteiger partial charge on any atom is 0.472 e. The lowest BCUT2D eigenvalue weighted by Gasteiger charge is -2.21. The molecule has 0 aromatic carbocycles. The van der Waals surface area contributed by atoms with Crippen LogP contribution in [0.15, 0.2) is 85.1 Å². The standard InChI is InChI=1S/C61H106O16P2/c1-4-7-10-13-16-19-22-25-26-27-28-31-33-35-38-41-44-47-59(64)71-50-56(62)51-73-78(67,68)74-52-57(63)53-75-79(69,70)76-55-58(77-61(66)49-46-43-40-37-34-30-24-21-18-15-12-9-6-3)54-72-60(65)48-45-42-39-36-32-29-23-20-17-14-11-8-5-2/h7,10-12,14-16,19-21,23-26,56-58,62-63H,4-6,8-9,13,17-18,22,27-55H2,1-3H3,(H,67,68)(H,69,70)/b10-7-,14-11-,15-12-,19-16-,23-20-,24-21-,26-25-. The summed E-state index contributed by atoms with van der Waals surface area (Å²) in [6.45, 7) is 2.35. The summed E-state index contributed by atoms with van der Waals surface area (Å²) in [6, 6.07) is 0. The van der Waals surface area contributed by atoms with Gasteiger partial charge in [-0.2, -0.15) is 0 Å². The van der Waals surface area contributed by atoms with E-state index in [0.29, 0.717) is 19.3 Å². The first-order chi connectivity index (χ1) is 38.2. The summed E-state index contributed by atoms with van der Waals surface area (Å²) in [5.41, 5.74) is 0. The summed E-state index contributed by atoms with van der Waals surface area (Å²) < 4.78 is 60.5. The summed E-state index contributed by atoms with van der Waals surface area (Å²) in [4.78, 5) is 58.0. The second-order valence-corrected chi connectivity index (χ2v) is 22.7. The van der Waals surface area contributed by atoms with Crippen molar-refractivity contribution in [3.05, 3.63) is 85.1 Å². The highest BCUT2D eigenvalue weighted by Gasteiger charge is 2.29. The molecule has 456 valence electrons. The molecule has 0 aliphatic carbocycles. The van der Waals surface area contributed by atoms with Crippen molar-refractivity contribution in [2.24, 2.45) is 0 Å². The Kier molecular flexibility index (Phi) is 53.0. The van der Waals surface area contributed by atoms with Gasteiger partial charge in [0.1, 0.15) is 25.4 Å². The van der Waals surface area contributed by atoms with Crippen molar-refractivity contribution in [2.45, 2.75) is 245 Å². The molecule has 4 N–H and O–H groups in total. The summed E-state index contributed by atoms with van der Waals surface area (Å²) in [5.74, 6) is -1.62. The third-order valence-corrected chi connectivity index (χ3v) is 13.9. The maximum atomic E-state index is 12.8. The molecule has 0 radical (unpaired) electrons. The van der Waals surface area contributed by atoms with E-state index < -0.39 is 91.5 Å². The van der Waals surface area contributed by atoms with Crippen LogP contribution in [-0.4, -0.2) is 95.9 Å². The molecule has 0 amide bonds. The summed E-state index contributed by atoms with van der Waals surface area (Å²) in [7, 11) is -9.77. The first kappa shape index (κ1) is 75.7. The number of allylic oxidation sites excluding steroid dienone is 14. The van der Waals surface area contributed by atoms with Crippen molar-refractivity contribution in [1.82, 2.24) is 0 Å². The predicted molar refractivity (Wildman–Crippen MR) is 316 cm³/mol. The van der Waals surface area contributed by atoms with Gasteiger partial charge in [-0.05, 0) is 103 Å². The van der Waals surface area contributed by atoms with E-state index in [4.69, 9.17) is 32.3 Å². The molecule has 0 fully saturated rings. The fourth-order valence-corrected chi connectivity index (χ4v) is 9.07. The molecule has 0 rings (SSSR count). The Balaban J connectivity index is 4.68. The Labute approximate surface area is 476 Å². The zero-order valence-electron chi connectivity index (χ0n) is 48.8. The minimum Gasteiger partial charge on any atom is -0.463 e. The van der Waals surface area contributed by atoms with Gasteiger partial charge >= 0.3 is 33.6 Å². The lowest BCUT2D eigenvalue weighted by Crippen LogP contribution is -2.30. The fraction of sp³-hybridized carbons (Fsp3) is 0.721. The Morgan fingerprint density at radius 3 is 1.06 bits per heavy atom. The maximum absolute atomic E-state index is 12.8. The van der Waals surface area contributed by atoms with Crippen LogP contribution in [0.5, 0.6) is 0 Å². The first-order valence-corrected chi connectivity index (χ1v) is 32.9. The zero-order chi connectivity index (χ0) is 58.2. The van der Waals surface area contributed by atoms with Crippen LogP contribution >= 0.6 is 15.6 Å². The van der Waals surface area contributed by atoms with E-state index >= 15 is 0 Å². The van der Waals surface area contributed by atoms with E-state index in [-0.39, 0.29) is 19.3 Å². The molecule has 0 spiro atoms. The topological polar surface area (TPSA) is 231 Å². The number of hydrogen-bond acceptors (Lipinski definition) is 14. The predicted octanol–water partition coefficient (Wildman–Crippen LogP) is 15.4. The molecule has 5 atom stereocenters. The van der Waals surface area contributed by atoms with E-state index in [1.165, 1.54) is 0 Å². The highest BCUT2D eigenvalue weighted by atomic mass is 31.2. The highest BCUT2D eigenvalue weighted by molar-refractivity contribution is 7.47. The molecule has 16 nitrogen and oxygen atoms in total. The number of phosphoric acid groups is 2. The first-order valence-electron chi connectivity index (χ1n) is 29.9. The number of esters is 3. The van der Waals surface area contributed by atoms with E-state index in [9.17, 15) is 43.5 Å². The molecule has 18 heteroatoms. The molecule has 0 aliphatic rings. The number of hydrogen-bond donors (Lipinski definition) is 4. The number of ether oxygens (including phenoxy) is 3. The van der Waals surface area contributed by atoms with Crippen molar-refractivity contribution < 1.29 is 75.8 Å². The minimum atomic E-state index is -4.92. The van der Waals surface area contributed by atoms with Crippen LogP contribution in [0.4, 0.5) is 0 Å². The van der Waals surface area contributed by atoms with Gasteiger partial charge in [0.05, 0.1) is 26.4 Å². The van der Waals surface area contributed by atoms with Gasteiger partial charge in [-0.25, -0.2) is 9.13 Å². The number of rotatable bonds is 56. The highest BCUT2D eigenvalue weighted by Crippen LogP contribution is 2.45. The summed E-state index contributed by atoms with van der Waals surface area (Å²) >= 11 is 0. The number of unbranched alkanes of at least 4 members (excludes halogenated alkanes) is 19. The van der Waals surface area contributed by atoms with Crippen LogP contribution in [0.25, 0.3) is 0 Å². The normalized spacial score (nSPS) is 15.1. The lowest BCUT2D eigenvalue weighted by molar-refractivity contribution is -0.161. The zero-order valence-corrected chi connectivity index (χ0v) is 50.6. The van der Waals surface area contributed by atoms with Gasteiger partial charge in [-0.15, -0.1) is 0 Å². The van der Waals surface area contributed by atoms with Gasteiger partial charge in [-0.3, -0.25) is 32.5 Å². The van der Waals surface area contributed by atoms with Crippen LogP contribution in [-0.2, 0) is 55.8 Å². The van der Waals surface area contributed by atoms with Crippen LogP contribution in [0.1, 0.15) is 226 Å². The summed E-state index contributed by atoms with van der Waals surface area (Å²) in [6.07, 6.45) is 55.1. The molecular formula is C61H106O16P2. The van der Waals surface area contributed by atoms with Crippen molar-refractivity contribution in [2.75, 3.05) is 39.6 Å². The molecule has 0 saturated carbocycles. The van der Waals surface area contributed by atoms with Crippen LogP contribution in [0.3, 0.4) is 0 Å². The summed E-state index contributed by atoms with van der Waals surface area (Å²) in [5, 5.41) is 20.4. The van der Waals surface area contributed by atoms with E-state index in [0.717, 1.165) is 167 Å². The average Bonchev–Trinajstić information content (AvgIpc) is 3.42. The molecule has 79 heavy (non-hydrogen) atoms. The van der Waals surface area contributed by atoms with Crippen LogP contribution < -0.4 is 0 Å². The molecule has 5 unspecified atom stereocenters. The second kappa shape index (κ2) is 55.3. The van der Waals surface area contributed by atoms with Gasteiger partial charge in [0.2, 0.25) is 0 Å². The molecule has 0 aromatic heterocycles. The van der Waals surface area contributed by atoms with E-state index in [1.807, 2.05) is 0 Å². The SMILES string of the molecule is CC/C=C\C/C=C\C/C=C\CCCCCCCCCC(=O)OCC(O)COP(=O)(O)OCC(O)COP(=O)(O)OCC(COC(=O)CCCCCCC/C=C\C/C=C\CCC)OC(=O)CCCCCCC/C=C\C/C=C\CCC. The monoisotopic (exact) mass is 1160 g/mol. The van der Waals surface area contributed by atoms with Gasteiger partial charge in [0, 0.05) is 19.3 Å². The number of aliphatic hydroxyl groups excluding tert-OH is 2. The van der Waals surface area contributed by atoms with Crippen molar-refractivity contribution in [3.63, 3.8) is 0 Å². The number of aliphatic hydroxyl groups is 2. The Hall–Kier alpha value is -3.27. The van der Waals surface area contributed by atoms with Gasteiger partial charge in [-0.1, -0.05) is 189 Å². The third kappa shape index (κ3) is 56.4. The number of phosphoric ester groups is 2. The molecular weight excluding hydrogens is 1050 g/mol. The molecule has 0 aliphatic heterocycles. The van der Waals surface area contributed by atoms with E-state index in [2.05, 4.69) is 106 Å². The lowest BCUT2D eigenvalue weighted by atomic mass is 10.1. The van der Waals surface area contributed by atoms with Gasteiger partial charge < -0.3 is 34.2 Å². The molecule has 0 bridgehead atoms. The number of carbonyl (C=O) groups excluding carboxylic acids is 3. The van der Waals surface area contributed by atoms with Gasteiger partial charge in [0.15, 0.2) is 6.10 Å². The average molecular weight is 1160 g/mol. The fourth-order valence-electron chi connectivity index (χ4n) is 7.48. The van der Waals surface area contributed by atoms with Crippen molar-refractivity contribution in [1.29, 1.82) is 0 Å². The number of carbonyl (C=O) groups is 3.